The molecule has 0 saturated heterocycles. The van der Waals surface area contributed by atoms with Crippen molar-refractivity contribution in [3.05, 3.63) is 36.1 Å². The van der Waals surface area contributed by atoms with Crippen LogP contribution in [0.4, 0.5) is 5.69 Å². The van der Waals surface area contributed by atoms with E-state index in [1.54, 1.807) is 6.08 Å². The van der Waals surface area contributed by atoms with E-state index in [4.69, 9.17) is 5.11 Å². The molecule has 0 bridgehead atoms. The molecule has 0 amide bonds. The van der Waals surface area contributed by atoms with E-state index < -0.39 is 0 Å². The third-order valence-corrected chi connectivity index (χ3v) is 1.68. The monoisotopic (exact) mass is 163 g/mol. The molecule has 1 aromatic carbocycles. The maximum absolute atomic E-state index is 8.51. The van der Waals surface area contributed by atoms with E-state index >= 15 is 0 Å². The average Bonchev–Trinajstić information content (AvgIpc) is 2.06. The minimum absolute atomic E-state index is 1.00. The SMILES string of the molecule is CN(C)c1ccc(/C=C/O)cc1. The van der Waals surface area contributed by atoms with Crippen molar-refractivity contribution in [3.63, 3.8) is 0 Å². The first kappa shape index (κ1) is 8.65. The van der Waals surface area contributed by atoms with E-state index in [9.17, 15) is 0 Å². The van der Waals surface area contributed by atoms with Crippen LogP contribution in [0.15, 0.2) is 30.5 Å². The van der Waals surface area contributed by atoms with Gasteiger partial charge in [0.2, 0.25) is 0 Å². The lowest BCUT2D eigenvalue weighted by atomic mass is 10.2. The summed E-state index contributed by atoms with van der Waals surface area (Å²) in [7, 11) is 3.99. The normalized spacial score (nSPS) is 10.5. The van der Waals surface area contributed by atoms with Crippen molar-refractivity contribution in [2.75, 3.05) is 19.0 Å². The van der Waals surface area contributed by atoms with E-state index in [1.165, 1.54) is 0 Å². The number of rotatable bonds is 2. The van der Waals surface area contributed by atoms with Gasteiger partial charge in [0.05, 0.1) is 6.26 Å². The maximum atomic E-state index is 8.51. The molecular formula is C10H13NO. The summed E-state index contributed by atoms with van der Waals surface area (Å²) in [6, 6.07) is 7.94. The van der Waals surface area contributed by atoms with Crippen LogP contribution in [0.1, 0.15) is 5.56 Å². The van der Waals surface area contributed by atoms with Crippen LogP contribution in [0.5, 0.6) is 0 Å². The number of aliphatic hydroxyl groups excluding tert-OH is 1. The quantitative estimate of drug-likeness (QED) is 0.676. The molecule has 2 nitrogen and oxygen atoms in total. The summed E-state index contributed by atoms with van der Waals surface area (Å²) >= 11 is 0. The Morgan fingerprint density at radius 2 is 1.75 bits per heavy atom. The maximum Gasteiger partial charge on any atom is 0.0797 e. The lowest BCUT2D eigenvalue weighted by Crippen LogP contribution is -2.07. The van der Waals surface area contributed by atoms with Crippen LogP contribution in [0.25, 0.3) is 6.08 Å². The first-order chi connectivity index (χ1) is 5.74. The first-order valence-corrected chi connectivity index (χ1v) is 3.82. The Labute approximate surface area is 72.8 Å². The summed E-state index contributed by atoms with van der Waals surface area (Å²) in [5.41, 5.74) is 2.16. The molecule has 64 valence electrons. The fraction of sp³-hybridized carbons (Fsp3) is 0.200. The van der Waals surface area contributed by atoms with Crippen molar-refractivity contribution in [1.82, 2.24) is 0 Å². The lowest BCUT2D eigenvalue weighted by Gasteiger charge is -2.11. The van der Waals surface area contributed by atoms with Gasteiger partial charge in [-0.1, -0.05) is 12.1 Å². The van der Waals surface area contributed by atoms with E-state index in [-0.39, 0.29) is 0 Å². The first-order valence-electron chi connectivity index (χ1n) is 3.82. The highest BCUT2D eigenvalue weighted by Gasteiger charge is 1.92. The molecular weight excluding hydrogens is 150 g/mol. The molecule has 0 aliphatic heterocycles. The number of benzene rings is 1. The van der Waals surface area contributed by atoms with Crippen LogP contribution in [0, 0.1) is 0 Å². The van der Waals surface area contributed by atoms with E-state index in [0.717, 1.165) is 17.5 Å². The molecule has 0 spiro atoms. The van der Waals surface area contributed by atoms with Crippen LogP contribution < -0.4 is 4.90 Å². The molecule has 12 heavy (non-hydrogen) atoms. The van der Waals surface area contributed by atoms with Gasteiger partial charge in [0.25, 0.3) is 0 Å². The van der Waals surface area contributed by atoms with Crippen molar-refractivity contribution < 1.29 is 5.11 Å². The minimum atomic E-state index is 1.00. The molecule has 1 aromatic rings. The van der Waals surface area contributed by atoms with Gasteiger partial charge in [0, 0.05) is 19.8 Å². The smallest absolute Gasteiger partial charge is 0.0797 e. The fourth-order valence-electron chi connectivity index (χ4n) is 0.970. The Morgan fingerprint density at radius 1 is 1.17 bits per heavy atom. The molecule has 0 radical (unpaired) electrons. The van der Waals surface area contributed by atoms with Crippen molar-refractivity contribution in [2.45, 2.75) is 0 Å². The van der Waals surface area contributed by atoms with Crippen LogP contribution >= 0.6 is 0 Å². The summed E-state index contributed by atoms with van der Waals surface area (Å²) < 4.78 is 0. The fourth-order valence-corrected chi connectivity index (χ4v) is 0.970. The van der Waals surface area contributed by atoms with Crippen LogP contribution in [0.3, 0.4) is 0 Å². The van der Waals surface area contributed by atoms with Gasteiger partial charge in [-0.2, -0.15) is 0 Å². The standard InChI is InChI=1S/C10H13NO/c1-11(2)10-5-3-9(4-6-10)7-8-12/h3-8,12H,1-2H3/b8-7+. The van der Waals surface area contributed by atoms with E-state index in [1.807, 2.05) is 43.3 Å². The number of hydrogen-bond acceptors (Lipinski definition) is 2. The van der Waals surface area contributed by atoms with Gasteiger partial charge in [-0.05, 0) is 23.8 Å². The van der Waals surface area contributed by atoms with Crippen LogP contribution in [-0.4, -0.2) is 19.2 Å². The van der Waals surface area contributed by atoms with Gasteiger partial charge < -0.3 is 10.0 Å². The van der Waals surface area contributed by atoms with Crippen LogP contribution in [-0.2, 0) is 0 Å². The Morgan fingerprint density at radius 3 is 2.17 bits per heavy atom. The molecule has 1 N–H and O–H groups in total. The Kier molecular flexibility index (Phi) is 2.75. The number of aliphatic hydroxyl groups is 1. The zero-order valence-corrected chi connectivity index (χ0v) is 7.36. The molecule has 2 heteroatoms. The van der Waals surface area contributed by atoms with Crippen molar-refractivity contribution in [1.29, 1.82) is 0 Å². The van der Waals surface area contributed by atoms with Gasteiger partial charge in [-0.3, -0.25) is 0 Å². The molecule has 0 saturated carbocycles. The molecule has 0 aliphatic carbocycles. The van der Waals surface area contributed by atoms with Crippen LogP contribution in [0.2, 0.25) is 0 Å². The second kappa shape index (κ2) is 3.81. The Balaban J connectivity index is 2.85. The summed E-state index contributed by atoms with van der Waals surface area (Å²) in [4.78, 5) is 2.03. The average molecular weight is 163 g/mol. The summed E-state index contributed by atoms with van der Waals surface area (Å²) in [6.45, 7) is 0. The van der Waals surface area contributed by atoms with Gasteiger partial charge in [0.15, 0.2) is 0 Å². The third kappa shape index (κ3) is 2.02. The molecule has 1 rings (SSSR count). The molecule has 0 atom stereocenters. The zero-order valence-electron chi connectivity index (χ0n) is 7.36. The highest BCUT2D eigenvalue weighted by Crippen LogP contribution is 2.12. The second-order valence-electron chi connectivity index (χ2n) is 2.80. The van der Waals surface area contributed by atoms with Crippen molar-refractivity contribution >= 4 is 11.8 Å². The topological polar surface area (TPSA) is 23.5 Å². The number of nitrogens with zero attached hydrogens (tertiary/aromatic N) is 1. The highest BCUT2D eigenvalue weighted by atomic mass is 16.2. The lowest BCUT2D eigenvalue weighted by molar-refractivity contribution is 0.478. The van der Waals surface area contributed by atoms with Gasteiger partial charge in [-0.15, -0.1) is 0 Å². The molecule has 0 unspecified atom stereocenters. The predicted octanol–water partition coefficient (Wildman–Crippen LogP) is 2.28. The Hall–Kier alpha value is -1.44. The van der Waals surface area contributed by atoms with Crippen molar-refractivity contribution in [3.8, 4) is 0 Å². The molecule has 0 heterocycles. The summed E-state index contributed by atoms with van der Waals surface area (Å²) in [5.74, 6) is 0. The third-order valence-electron chi connectivity index (χ3n) is 1.68. The molecule has 0 aliphatic rings. The summed E-state index contributed by atoms with van der Waals surface area (Å²) in [6.07, 6.45) is 2.70. The van der Waals surface area contributed by atoms with Crippen molar-refractivity contribution in [2.24, 2.45) is 0 Å². The predicted molar refractivity (Wildman–Crippen MR) is 52.4 cm³/mol. The number of hydrogen-bond donors (Lipinski definition) is 1. The highest BCUT2D eigenvalue weighted by molar-refractivity contribution is 5.54. The largest absolute Gasteiger partial charge is 0.516 e. The molecule has 0 fully saturated rings. The van der Waals surface area contributed by atoms with Gasteiger partial charge >= 0.3 is 0 Å². The van der Waals surface area contributed by atoms with Gasteiger partial charge in [0.1, 0.15) is 0 Å². The van der Waals surface area contributed by atoms with E-state index in [2.05, 4.69) is 0 Å². The zero-order chi connectivity index (χ0) is 8.97. The summed E-state index contributed by atoms with van der Waals surface area (Å²) in [5, 5.41) is 8.51. The number of anilines is 1. The minimum Gasteiger partial charge on any atom is -0.516 e. The molecule has 0 aromatic heterocycles. The second-order valence-corrected chi connectivity index (χ2v) is 2.80. The van der Waals surface area contributed by atoms with E-state index in [0.29, 0.717) is 0 Å². The Bertz CT molecular complexity index is 262. The van der Waals surface area contributed by atoms with Gasteiger partial charge in [-0.25, -0.2) is 0 Å².